The minimum absolute atomic E-state index is 0.0198. The second-order valence-corrected chi connectivity index (χ2v) is 5.78. The Kier molecular flexibility index (Phi) is 5.89. The van der Waals surface area contributed by atoms with E-state index in [4.69, 9.17) is 9.63 Å². The number of aliphatic hydroxyl groups is 1. The Hall–Kier alpha value is -1.73. The van der Waals surface area contributed by atoms with Crippen molar-refractivity contribution >= 4 is 17.2 Å². The molecule has 6 nitrogen and oxygen atoms in total. The fourth-order valence-electron chi connectivity index (χ4n) is 1.77. The molecule has 0 bridgehead atoms. The highest BCUT2D eigenvalue weighted by atomic mass is 32.1. The van der Waals surface area contributed by atoms with Crippen molar-refractivity contribution < 1.29 is 14.4 Å². The van der Waals surface area contributed by atoms with E-state index in [-0.39, 0.29) is 12.0 Å². The molecule has 0 spiro atoms. The van der Waals surface area contributed by atoms with E-state index in [1.807, 2.05) is 17.5 Å². The fraction of sp³-hybridized carbons (Fsp3) is 0.500. The summed E-state index contributed by atoms with van der Waals surface area (Å²) in [6, 6.07) is 3.88. The molecule has 0 fully saturated rings. The third-order valence-electron chi connectivity index (χ3n) is 2.89. The number of thiophene rings is 1. The summed E-state index contributed by atoms with van der Waals surface area (Å²) in [5.41, 5.74) is 0. The highest BCUT2D eigenvalue weighted by molar-refractivity contribution is 7.13. The van der Waals surface area contributed by atoms with Crippen LogP contribution in [0.4, 0.5) is 0 Å². The summed E-state index contributed by atoms with van der Waals surface area (Å²) < 4.78 is 5.16. The molecule has 0 aliphatic carbocycles. The molecule has 2 N–H and O–H groups in total. The van der Waals surface area contributed by atoms with Crippen molar-refractivity contribution in [2.24, 2.45) is 0 Å². The minimum Gasteiger partial charge on any atom is -0.393 e. The molecule has 0 saturated carbocycles. The molecule has 114 valence electrons. The van der Waals surface area contributed by atoms with Crippen LogP contribution in [0.3, 0.4) is 0 Å². The zero-order valence-corrected chi connectivity index (χ0v) is 12.7. The Bertz CT molecular complexity index is 552. The molecular formula is C14H19N3O3S. The molecular weight excluding hydrogens is 290 g/mol. The van der Waals surface area contributed by atoms with Gasteiger partial charge in [0.25, 0.3) is 0 Å². The number of nitrogens with zero attached hydrogens (tertiary/aromatic N) is 2. The van der Waals surface area contributed by atoms with Crippen LogP contribution in [0.5, 0.6) is 0 Å². The van der Waals surface area contributed by atoms with E-state index in [2.05, 4.69) is 15.5 Å². The molecule has 2 aromatic heterocycles. The maximum atomic E-state index is 11.5. The van der Waals surface area contributed by atoms with Crippen molar-refractivity contribution in [3.8, 4) is 10.7 Å². The first kappa shape index (κ1) is 15.7. The van der Waals surface area contributed by atoms with Crippen LogP contribution in [0.15, 0.2) is 22.0 Å². The Labute approximate surface area is 127 Å². The van der Waals surface area contributed by atoms with Crippen LogP contribution in [0.25, 0.3) is 10.7 Å². The summed E-state index contributed by atoms with van der Waals surface area (Å²) in [4.78, 5) is 16.8. The number of hydrogen-bond acceptors (Lipinski definition) is 6. The number of nitrogens with one attached hydrogen (secondary N) is 1. The highest BCUT2D eigenvalue weighted by Crippen LogP contribution is 2.21. The van der Waals surface area contributed by atoms with Gasteiger partial charge in [0.1, 0.15) is 0 Å². The van der Waals surface area contributed by atoms with Crippen LogP contribution in [0.2, 0.25) is 0 Å². The number of aromatic nitrogens is 2. The first-order valence-corrected chi connectivity index (χ1v) is 7.84. The van der Waals surface area contributed by atoms with Gasteiger partial charge in [-0.1, -0.05) is 11.2 Å². The van der Waals surface area contributed by atoms with Gasteiger partial charge >= 0.3 is 0 Å². The molecule has 1 amide bonds. The van der Waals surface area contributed by atoms with Crippen molar-refractivity contribution in [1.29, 1.82) is 0 Å². The van der Waals surface area contributed by atoms with Crippen LogP contribution in [-0.4, -0.2) is 33.8 Å². The standard InChI is InChI=1S/C14H19N3O3S/c1-10(18)7-8-15-12(19)5-2-6-13-16-14(17-20-13)11-4-3-9-21-11/h3-4,9-10,18H,2,5-8H2,1H3,(H,15,19). The van der Waals surface area contributed by atoms with E-state index >= 15 is 0 Å². The fourth-order valence-corrected chi connectivity index (χ4v) is 2.42. The highest BCUT2D eigenvalue weighted by Gasteiger charge is 2.10. The summed E-state index contributed by atoms with van der Waals surface area (Å²) in [6.45, 7) is 2.20. The number of amides is 1. The molecule has 0 saturated heterocycles. The Morgan fingerprint density at radius 3 is 3.14 bits per heavy atom. The Balaban J connectivity index is 1.68. The minimum atomic E-state index is -0.389. The van der Waals surface area contributed by atoms with Crippen molar-refractivity contribution in [3.05, 3.63) is 23.4 Å². The maximum absolute atomic E-state index is 11.5. The normalized spacial score (nSPS) is 12.3. The average Bonchev–Trinajstić information content (AvgIpc) is 3.08. The number of rotatable bonds is 8. The predicted molar refractivity (Wildman–Crippen MR) is 79.9 cm³/mol. The van der Waals surface area contributed by atoms with Gasteiger partial charge in [-0.25, -0.2) is 0 Å². The Morgan fingerprint density at radius 2 is 2.43 bits per heavy atom. The van der Waals surface area contributed by atoms with E-state index in [9.17, 15) is 4.79 Å². The van der Waals surface area contributed by atoms with Gasteiger partial charge in [0.2, 0.25) is 17.6 Å². The van der Waals surface area contributed by atoms with E-state index in [0.717, 1.165) is 4.88 Å². The molecule has 7 heteroatoms. The molecule has 2 heterocycles. The second kappa shape index (κ2) is 7.90. The van der Waals surface area contributed by atoms with Crippen LogP contribution in [-0.2, 0) is 11.2 Å². The van der Waals surface area contributed by atoms with E-state index in [0.29, 0.717) is 43.9 Å². The van der Waals surface area contributed by atoms with Gasteiger partial charge < -0.3 is 14.9 Å². The third kappa shape index (κ3) is 5.28. The van der Waals surface area contributed by atoms with Crippen LogP contribution in [0, 0.1) is 0 Å². The lowest BCUT2D eigenvalue weighted by molar-refractivity contribution is -0.121. The van der Waals surface area contributed by atoms with Crippen LogP contribution < -0.4 is 5.32 Å². The van der Waals surface area contributed by atoms with Crippen molar-refractivity contribution in [2.75, 3.05) is 6.54 Å². The number of hydrogen-bond donors (Lipinski definition) is 2. The summed E-state index contributed by atoms with van der Waals surface area (Å²) in [5.74, 6) is 1.13. The van der Waals surface area contributed by atoms with Crippen LogP contribution in [0.1, 0.15) is 32.1 Å². The smallest absolute Gasteiger partial charge is 0.226 e. The first-order valence-electron chi connectivity index (χ1n) is 6.96. The maximum Gasteiger partial charge on any atom is 0.226 e. The van der Waals surface area contributed by atoms with Gasteiger partial charge in [-0.15, -0.1) is 11.3 Å². The van der Waals surface area contributed by atoms with Crippen molar-refractivity contribution in [1.82, 2.24) is 15.5 Å². The molecule has 1 atom stereocenters. The molecule has 21 heavy (non-hydrogen) atoms. The lowest BCUT2D eigenvalue weighted by atomic mass is 10.2. The SMILES string of the molecule is CC(O)CCNC(=O)CCCc1nc(-c2cccs2)no1. The largest absolute Gasteiger partial charge is 0.393 e. The first-order chi connectivity index (χ1) is 10.1. The molecule has 1 unspecified atom stereocenters. The summed E-state index contributed by atoms with van der Waals surface area (Å²) in [6.07, 6.45) is 1.84. The lowest BCUT2D eigenvalue weighted by Gasteiger charge is -2.05. The van der Waals surface area contributed by atoms with Crippen molar-refractivity contribution in [3.63, 3.8) is 0 Å². The van der Waals surface area contributed by atoms with Gasteiger partial charge in [-0.3, -0.25) is 4.79 Å². The second-order valence-electron chi connectivity index (χ2n) is 4.83. The number of carbonyl (C=O) groups is 1. The topological polar surface area (TPSA) is 88.2 Å². The predicted octanol–water partition coefficient (Wildman–Crippen LogP) is 2.01. The van der Waals surface area contributed by atoms with Gasteiger partial charge in [-0.05, 0) is 31.2 Å². The summed E-state index contributed by atoms with van der Waals surface area (Å²) in [7, 11) is 0. The number of aryl methyl sites for hydroxylation is 1. The quantitative estimate of drug-likeness (QED) is 0.778. The third-order valence-corrected chi connectivity index (χ3v) is 3.75. The monoisotopic (exact) mass is 309 g/mol. The molecule has 0 aliphatic heterocycles. The lowest BCUT2D eigenvalue weighted by Crippen LogP contribution is -2.26. The molecule has 0 radical (unpaired) electrons. The molecule has 2 aromatic rings. The molecule has 0 aromatic carbocycles. The van der Waals surface area contributed by atoms with Gasteiger partial charge in [-0.2, -0.15) is 4.98 Å². The Morgan fingerprint density at radius 1 is 1.57 bits per heavy atom. The average molecular weight is 309 g/mol. The van der Waals surface area contributed by atoms with Gasteiger partial charge in [0, 0.05) is 19.4 Å². The number of carbonyl (C=O) groups excluding carboxylic acids is 1. The summed E-state index contributed by atoms with van der Waals surface area (Å²) in [5, 5.41) is 17.7. The molecule has 2 rings (SSSR count). The van der Waals surface area contributed by atoms with Gasteiger partial charge in [0.05, 0.1) is 11.0 Å². The molecule has 0 aliphatic rings. The van der Waals surface area contributed by atoms with E-state index in [1.54, 1.807) is 18.3 Å². The van der Waals surface area contributed by atoms with E-state index in [1.165, 1.54) is 0 Å². The van der Waals surface area contributed by atoms with Crippen LogP contribution >= 0.6 is 11.3 Å². The van der Waals surface area contributed by atoms with E-state index < -0.39 is 0 Å². The zero-order chi connectivity index (χ0) is 15.1. The number of aliphatic hydroxyl groups excluding tert-OH is 1. The van der Waals surface area contributed by atoms with Gasteiger partial charge in [0.15, 0.2) is 0 Å². The summed E-state index contributed by atoms with van der Waals surface area (Å²) >= 11 is 1.56. The van der Waals surface area contributed by atoms with Crippen molar-refractivity contribution in [2.45, 2.75) is 38.7 Å². The zero-order valence-electron chi connectivity index (χ0n) is 11.9.